The van der Waals surface area contributed by atoms with Crippen LogP contribution < -0.4 is 10.4 Å². The Hall–Kier alpha value is -3.20. The van der Waals surface area contributed by atoms with E-state index in [1.807, 2.05) is 13.8 Å². The largest absolute Gasteiger partial charge is 0.482 e. The van der Waals surface area contributed by atoms with E-state index in [1.54, 1.807) is 37.5 Å². The number of carbonyl (C=O) groups is 2. The topological polar surface area (TPSA) is 125 Å². The maximum absolute atomic E-state index is 13.0. The van der Waals surface area contributed by atoms with Crippen LogP contribution in [0, 0.1) is 11.8 Å². The maximum Gasteiger partial charge on any atom is 0.345 e. The molecule has 6 atom stereocenters. The summed E-state index contributed by atoms with van der Waals surface area (Å²) in [5, 5.41) is 11.5. The molecule has 3 heterocycles. The molecular weight excluding hydrogens is 454 g/mol. The average Bonchev–Trinajstić information content (AvgIpc) is 2.79. The van der Waals surface area contributed by atoms with E-state index in [1.165, 1.54) is 13.8 Å². The molecule has 0 radical (unpaired) electrons. The summed E-state index contributed by atoms with van der Waals surface area (Å²) >= 11 is 0. The van der Waals surface area contributed by atoms with Crippen LogP contribution >= 0.6 is 0 Å². The summed E-state index contributed by atoms with van der Waals surface area (Å²) in [6.45, 7) is 8.20. The van der Waals surface area contributed by atoms with E-state index >= 15 is 0 Å². The highest BCUT2D eigenvalue weighted by atomic mass is 16.6. The van der Waals surface area contributed by atoms with Gasteiger partial charge in [-0.2, -0.15) is 0 Å². The second kappa shape index (κ2) is 9.11. The van der Waals surface area contributed by atoms with Crippen molar-refractivity contribution in [3.05, 3.63) is 46.6 Å². The van der Waals surface area contributed by atoms with Crippen LogP contribution in [-0.4, -0.2) is 39.3 Å². The molecule has 0 amide bonds. The Bertz CT molecular complexity index is 1180. The van der Waals surface area contributed by atoms with Crippen molar-refractivity contribution in [2.24, 2.45) is 11.8 Å². The van der Waals surface area contributed by atoms with E-state index in [-0.39, 0.29) is 23.0 Å². The summed E-state index contributed by atoms with van der Waals surface area (Å²) < 4.78 is 23.3. The van der Waals surface area contributed by atoms with Crippen molar-refractivity contribution in [3.8, 4) is 17.1 Å². The van der Waals surface area contributed by atoms with Gasteiger partial charge in [0.15, 0.2) is 0 Å². The van der Waals surface area contributed by atoms with Crippen LogP contribution in [0.25, 0.3) is 11.3 Å². The lowest BCUT2D eigenvalue weighted by Crippen LogP contribution is -2.62. The zero-order valence-corrected chi connectivity index (χ0v) is 20.6. The predicted octanol–water partition coefficient (Wildman–Crippen LogP) is 3.58. The number of ether oxygens (including phenoxy) is 3. The van der Waals surface area contributed by atoms with Crippen LogP contribution in [0.15, 0.2) is 39.8 Å². The first-order valence-corrected chi connectivity index (χ1v) is 11.8. The highest BCUT2D eigenvalue weighted by molar-refractivity contribution is 5.67. The smallest absolute Gasteiger partial charge is 0.345 e. The molecule has 9 nitrogen and oxygen atoms in total. The molecule has 1 aliphatic heterocycles. The van der Waals surface area contributed by atoms with Gasteiger partial charge in [-0.15, -0.1) is 0 Å². The second-order valence-corrected chi connectivity index (χ2v) is 9.78. The van der Waals surface area contributed by atoms with Crippen LogP contribution in [0.2, 0.25) is 0 Å². The molecule has 188 valence electrons. The molecule has 1 aliphatic carbocycles. The zero-order valence-electron chi connectivity index (χ0n) is 20.6. The van der Waals surface area contributed by atoms with E-state index in [0.29, 0.717) is 24.8 Å². The van der Waals surface area contributed by atoms with Crippen molar-refractivity contribution in [2.45, 2.75) is 77.3 Å². The second-order valence-electron chi connectivity index (χ2n) is 9.78. The molecule has 2 aromatic heterocycles. The van der Waals surface area contributed by atoms with Crippen molar-refractivity contribution < 1.29 is 33.3 Å². The standard InChI is InChI=1S/C26H31NO8/c1-6-25(4,34-15(3)29)17-10-18-23(30)22-20(35-26(18,5)21(11-17)32-14(2)28)12-19(33-24(22)31)16-8-7-9-27-13-16/h7-9,12-13,17-18,21,23,30H,6,10-11H2,1-5H3/t17-,18-,21-,23+,25+,26-/m1/s1. The molecule has 2 aromatic rings. The van der Waals surface area contributed by atoms with E-state index in [9.17, 15) is 19.5 Å². The monoisotopic (exact) mass is 485 g/mol. The summed E-state index contributed by atoms with van der Waals surface area (Å²) in [6, 6.07) is 5.02. The first-order chi connectivity index (χ1) is 16.5. The SMILES string of the molecule is CC[C@](C)(OC(C)=O)[C@@H]1C[C@@H]2[C@H](O)c3c(cc(-c4cccnc4)oc3=O)O[C@@]2(C)[C@H](OC(C)=O)C1. The summed E-state index contributed by atoms with van der Waals surface area (Å²) in [5.74, 6) is -1.34. The molecule has 9 heteroatoms. The third-order valence-electron chi connectivity index (χ3n) is 7.57. The van der Waals surface area contributed by atoms with Gasteiger partial charge in [-0.1, -0.05) is 6.92 Å². The van der Waals surface area contributed by atoms with Gasteiger partial charge in [-0.3, -0.25) is 14.6 Å². The summed E-state index contributed by atoms with van der Waals surface area (Å²) in [6.07, 6.45) is 2.46. The minimum atomic E-state index is -1.23. The molecular formula is C26H31NO8. The Morgan fingerprint density at radius 2 is 2.03 bits per heavy atom. The molecule has 1 N–H and O–H groups in total. The summed E-state index contributed by atoms with van der Waals surface area (Å²) in [7, 11) is 0. The molecule has 0 unspecified atom stereocenters. The number of aliphatic hydroxyl groups excluding tert-OH is 1. The number of nitrogens with zero attached hydrogens (tertiary/aromatic N) is 1. The number of aromatic nitrogens is 1. The van der Waals surface area contributed by atoms with Crippen LogP contribution in [0.4, 0.5) is 0 Å². The normalized spacial score (nSPS) is 29.1. The van der Waals surface area contributed by atoms with Crippen molar-refractivity contribution in [3.63, 3.8) is 0 Å². The number of rotatable bonds is 5. The summed E-state index contributed by atoms with van der Waals surface area (Å²) in [4.78, 5) is 41.0. The number of carbonyl (C=O) groups excluding carboxylic acids is 2. The van der Waals surface area contributed by atoms with E-state index in [0.717, 1.165) is 0 Å². The molecule has 0 bridgehead atoms. The Morgan fingerprint density at radius 1 is 1.29 bits per heavy atom. The van der Waals surface area contributed by atoms with Crippen molar-refractivity contribution in [1.29, 1.82) is 0 Å². The van der Waals surface area contributed by atoms with Gasteiger partial charge in [0.2, 0.25) is 0 Å². The van der Waals surface area contributed by atoms with Crippen LogP contribution in [0.3, 0.4) is 0 Å². The van der Waals surface area contributed by atoms with Crippen molar-refractivity contribution >= 4 is 11.9 Å². The molecule has 2 aliphatic rings. The van der Waals surface area contributed by atoms with Gasteiger partial charge in [0, 0.05) is 49.7 Å². The van der Waals surface area contributed by atoms with Crippen LogP contribution in [0.5, 0.6) is 5.75 Å². The van der Waals surface area contributed by atoms with Gasteiger partial charge >= 0.3 is 17.6 Å². The third-order valence-corrected chi connectivity index (χ3v) is 7.57. The summed E-state index contributed by atoms with van der Waals surface area (Å²) in [5.41, 5.74) is -2.08. The molecule has 0 spiro atoms. The molecule has 4 rings (SSSR count). The van der Waals surface area contributed by atoms with Gasteiger partial charge in [-0.25, -0.2) is 4.79 Å². The van der Waals surface area contributed by atoms with Gasteiger partial charge in [-0.05, 0) is 45.2 Å². The Kier molecular flexibility index (Phi) is 6.48. The zero-order chi connectivity index (χ0) is 25.5. The van der Waals surface area contributed by atoms with Crippen LogP contribution in [-0.2, 0) is 19.1 Å². The highest BCUT2D eigenvalue weighted by Gasteiger charge is 2.60. The fourth-order valence-electron chi connectivity index (χ4n) is 5.51. The van der Waals surface area contributed by atoms with Gasteiger partial charge < -0.3 is 23.7 Å². The fraction of sp³-hybridized carbons (Fsp3) is 0.538. The highest BCUT2D eigenvalue weighted by Crippen LogP contribution is 2.54. The Balaban J connectivity index is 1.79. The molecule has 35 heavy (non-hydrogen) atoms. The molecule has 1 saturated carbocycles. The Labute approximate surface area is 203 Å². The van der Waals surface area contributed by atoms with E-state index in [4.69, 9.17) is 18.6 Å². The number of hydrogen-bond donors (Lipinski definition) is 1. The Morgan fingerprint density at radius 3 is 2.63 bits per heavy atom. The maximum atomic E-state index is 13.0. The molecule has 1 fully saturated rings. The number of esters is 2. The van der Waals surface area contributed by atoms with Crippen molar-refractivity contribution in [1.82, 2.24) is 4.98 Å². The molecule has 0 saturated heterocycles. The fourth-order valence-corrected chi connectivity index (χ4v) is 5.51. The van der Waals surface area contributed by atoms with Gasteiger partial charge in [0.05, 0.1) is 6.10 Å². The quantitative estimate of drug-likeness (QED) is 0.633. The lowest BCUT2D eigenvalue weighted by Gasteiger charge is -2.54. The number of fused-ring (bicyclic) bond motifs is 2. The van der Waals surface area contributed by atoms with Crippen LogP contribution in [0.1, 0.15) is 65.5 Å². The lowest BCUT2D eigenvalue weighted by atomic mass is 9.61. The number of pyridine rings is 1. The van der Waals surface area contributed by atoms with Gasteiger partial charge in [0.25, 0.3) is 0 Å². The van der Waals surface area contributed by atoms with Gasteiger partial charge in [0.1, 0.15) is 34.4 Å². The number of aliphatic hydroxyl groups is 1. The van der Waals surface area contributed by atoms with E-state index in [2.05, 4.69) is 4.98 Å². The molecule has 0 aromatic carbocycles. The minimum absolute atomic E-state index is 0.0213. The first-order valence-electron chi connectivity index (χ1n) is 11.8. The third kappa shape index (κ3) is 4.45. The van der Waals surface area contributed by atoms with Crippen molar-refractivity contribution in [2.75, 3.05) is 0 Å². The first kappa shape index (κ1) is 24.9. The number of hydrogen-bond acceptors (Lipinski definition) is 9. The van der Waals surface area contributed by atoms with E-state index < -0.39 is 46.9 Å². The average molecular weight is 486 g/mol. The minimum Gasteiger partial charge on any atom is -0.482 e. The lowest BCUT2D eigenvalue weighted by molar-refractivity contribution is -0.209. The predicted molar refractivity (Wildman–Crippen MR) is 124 cm³/mol.